The summed E-state index contributed by atoms with van der Waals surface area (Å²) in [5, 5.41) is 2.88. The average Bonchev–Trinajstić information content (AvgIpc) is 2.73. The van der Waals surface area contributed by atoms with Gasteiger partial charge in [-0.2, -0.15) is 0 Å². The summed E-state index contributed by atoms with van der Waals surface area (Å²) >= 11 is 0. The Kier molecular flexibility index (Phi) is 8.71. The third kappa shape index (κ3) is 6.93. The van der Waals surface area contributed by atoms with E-state index in [1.54, 1.807) is 11.8 Å². The molecule has 0 radical (unpaired) electrons. The van der Waals surface area contributed by atoms with E-state index < -0.39 is 6.04 Å². The second-order valence-electron chi connectivity index (χ2n) is 7.35. The molecule has 156 valence electrons. The maximum Gasteiger partial charge on any atom is 0.261 e. The number of hydrogen-bond donors (Lipinski definition) is 1. The van der Waals surface area contributed by atoms with Crippen LogP contribution in [0.1, 0.15) is 37.0 Å². The molecular weight excluding hydrogens is 364 g/mol. The lowest BCUT2D eigenvalue weighted by atomic mass is 10.1. The number of ether oxygens (including phenoxy) is 1. The molecular formula is C24H32N2O3. The Hall–Kier alpha value is -2.82. The number of nitrogens with zero attached hydrogens (tertiary/aromatic N) is 1. The zero-order valence-corrected chi connectivity index (χ0v) is 17.9. The van der Waals surface area contributed by atoms with Crippen molar-refractivity contribution in [3.63, 3.8) is 0 Å². The molecule has 0 spiro atoms. The first kappa shape index (κ1) is 22.5. The number of aryl methyl sites for hydroxylation is 2. The predicted octanol–water partition coefficient (Wildman–Crippen LogP) is 3.67. The van der Waals surface area contributed by atoms with Crippen LogP contribution in [0.4, 0.5) is 0 Å². The number of carbonyl (C=O) groups excluding carboxylic acids is 2. The van der Waals surface area contributed by atoms with Crippen molar-refractivity contribution < 1.29 is 14.3 Å². The van der Waals surface area contributed by atoms with E-state index in [0.717, 1.165) is 23.1 Å². The van der Waals surface area contributed by atoms with Gasteiger partial charge in [-0.05, 0) is 56.4 Å². The molecule has 0 aromatic heterocycles. The summed E-state index contributed by atoms with van der Waals surface area (Å²) in [5.74, 6) is 0.366. The lowest BCUT2D eigenvalue weighted by Gasteiger charge is -2.28. The first-order valence-electron chi connectivity index (χ1n) is 10.2. The van der Waals surface area contributed by atoms with Crippen LogP contribution in [0.3, 0.4) is 0 Å². The van der Waals surface area contributed by atoms with Crippen molar-refractivity contribution in [3.8, 4) is 5.75 Å². The van der Waals surface area contributed by atoms with Gasteiger partial charge < -0.3 is 15.0 Å². The van der Waals surface area contributed by atoms with E-state index in [9.17, 15) is 9.59 Å². The monoisotopic (exact) mass is 396 g/mol. The highest BCUT2D eigenvalue weighted by molar-refractivity contribution is 5.88. The molecule has 0 unspecified atom stereocenters. The van der Waals surface area contributed by atoms with Gasteiger partial charge in [0, 0.05) is 13.1 Å². The van der Waals surface area contributed by atoms with Crippen molar-refractivity contribution in [2.75, 3.05) is 19.7 Å². The van der Waals surface area contributed by atoms with Gasteiger partial charge in [0.05, 0.1) is 0 Å². The van der Waals surface area contributed by atoms with E-state index in [1.165, 1.54) is 0 Å². The summed E-state index contributed by atoms with van der Waals surface area (Å²) in [6.07, 6.45) is 1.54. The summed E-state index contributed by atoms with van der Waals surface area (Å²) < 4.78 is 5.80. The normalized spacial score (nSPS) is 11.6. The molecule has 5 nitrogen and oxygen atoms in total. The first-order chi connectivity index (χ1) is 13.9. The van der Waals surface area contributed by atoms with E-state index in [-0.39, 0.29) is 18.4 Å². The van der Waals surface area contributed by atoms with Crippen LogP contribution in [-0.4, -0.2) is 42.5 Å². The van der Waals surface area contributed by atoms with Gasteiger partial charge in [0.25, 0.3) is 5.91 Å². The number of amides is 2. The highest BCUT2D eigenvalue weighted by Gasteiger charge is 2.26. The van der Waals surface area contributed by atoms with Gasteiger partial charge in [0.15, 0.2) is 6.61 Å². The summed E-state index contributed by atoms with van der Waals surface area (Å²) in [6.45, 7) is 8.67. The van der Waals surface area contributed by atoms with Crippen LogP contribution in [0.15, 0.2) is 48.5 Å². The molecule has 29 heavy (non-hydrogen) atoms. The van der Waals surface area contributed by atoms with Crippen LogP contribution >= 0.6 is 0 Å². The second kappa shape index (κ2) is 11.2. The Labute approximate surface area is 174 Å². The minimum Gasteiger partial charge on any atom is -0.483 e. The van der Waals surface area contributed by atoms with E-state index in [2.05, 4.69) is 5.32 Å². The Balaban J connectivity index is 2.08. The molecule has 2 amide bonds. The molecule has 0 saturated heterocycles. The smallest absolute Gasteiger partial charge is 0.261 e. The van der Waals surface area contributed by atoms with Gasteiger partial charge in [-0.1, -0.05) is 49.4 Å². The molecule has 1 N–H and O–H groups in total. The first-order valence-corrected chi connectivity index (χ1v) is 10.2. The quantitative estimate of drug-likeness (QED) is 0.667. The molecule has 0 aliphatic heterocycles. The minimum absolute atomic E-state index is 0.0928. The highest BCUT2D eigenvalue weighted by Crippen LogP contribution is 2.19. The molecule has 0 aliphatic rings. The zero-order valence-electron chi connectivity index (χ0n) is 17.9. The molecule has 2 aromatic carbocycles. The van der Waals surface area contributed by atoms with Crippen LogP contribution in [-0.2, 0) is 16.0 Å². The molecule has 0 saturated carbocycles. The molecule has 0 aliphatic carbocycles. The lowest BCUT2D eigenvalue weighted by molar-refractivity contribution is -0.141. The maximum absolute atomic E-state index is 13.0. The number of benzene rings is 2. The predicted molar refractivity (Wildman–Crippen MR) is 116 cm³/mol. The Bertz CT molecular complexity index is 805. The summed E-state index contributed by atoms with van der Waals surface area (Å²) in [6, 6.07) is 15.3. The fourth-order valence-corrected chi connectivity index (χ4v) is 3.05. The highest BCUT2D eigenvalue weighted by atomic mass is 16.5. The van der Waals surface area contributed by atoms with Gasteiger partial charge in [-0.25, -0.2) is 0 Å². The Morgan fingerprint density at radius 1 is 1.10 bits per heavy atom. The third-order valence-electron chi connectivity index (χ3n) is 4.90. The van der Waals surface area contributed by atoms with E-state index in [4.69, 9.17) is 4.74 Å². The molecule has 2 rings (SSSR count). The van der Waals surface area contributed by atoms with Crippen LogP contribution in [0.25, 0.3) is 0 Å². The number of carbonyl (C=O) groups is 2. The topological polar surface area (TPSA) is 58.6 Å². The summed E-state index contributed by atoms with van der Waals surface area (Å²) in [4.78, 5) is 27.1. The van der Waals surface area contributed by atoms with Crippen molar-refractivity contribution in [2.24, 2.45) is 0 Å². The van der Waals surface area contributed by atoms with Crippen LogP contribution in [0, 0.1) is 13.8 Å². The fraction of sp³-hybridized carbons (Fsp3) is 0.417. The SMILES string of the molecule is CCCNC(=O)[C@H](C)N(CCc1ccccc1)C(=O)COc1cc(C)ccc1C. The van der Waals surface area contributed by atoms with E-state index >= 15 is 0 Å². The van der Waals surface area contributed by atoms with Crippen LogP contribution in [0.5, 0.6) is 5.75 Å². The second-order valence-corrected chi connectivity index (χ2v) is 7.35. The number of hydrogen-bond acceptors (Lipinski definition) is 3. The Morgan fingerprint density at radius 3 is 2.52 bits per heavy atom. The molecule has 2 aromatic rings. The number of rotatable bonds is 10. The van der Waals surface area contributed by atoms with Gasteiger partial charge >= 0.3 is 0 Å². The van der Waals surface area contributed by atoms with Crippen LogP contribution < -0.4 is 10.1 Å². The average molecular weight is 397 g/mol. The van der Waals surface area contributed by atoms with Gasteiger partial charge in [0.1, 0.15) is 11.8 Å². The van der Waals surface area contributed by atoms with Crippen molar-refractivity contribution in [1.82, 2.24) is 10.2 Å². The third-order valence-corrected chi connectivity index (χ3v) is 4.90. The molecule has 1 atom stereocenters. The van der Waals surface area contributed by atoms with Gasteiger partial charge in [-0.3, -0.25) is 9.59 Å². The van der Waals surface area contributed by atoms with Gasteiger partial charge in [-0.15, -0.1) is 0 Å². The van der Waals surface area contributed by atoms with Gasteiger partial charge in [0.2, 0.25) is 5.91 Å². The van der Waals surface area contributed by atoms with E-state index in [1.807, 2.05) is 69.3 Å². The lowest BCUT2D eigenvalue weighted by Crippen LogP contribution is -2.50. The Morgan fingerprint density at radius 2 is 1.83 bits per heavy atom. The number of nitrogens with one attached hydrogen (secondary N) is 1. The molecule has 0 heterocycles. The minimum atomic E-state index is -0.556. The van der Waals surface area contributed by atoms with Crippen molar-refractivity contribution in [1.29, 1.82) is 0 Å². The largest absolute Gasteiger partial charge is 0.483 e. The van der Waals surface area contributed by atoms with Crippen molar-refractivity contribution >= 4 is 11.8 Å². The standard InChI is InChI=1S/C24H32N2O3/c1-5-14-25-24(28)20(4)26(15-13-21-9-7-6-8-10-21)23(27)17-29-22-16-18(2)11-12-19(22)3/h6-12,16,20H,5,13-15,17H2,1-4H3,(H,25,28)/t20-/m0/s1. The van der Waals surface area contributed by atoms with Crippen molar-refractivity contribution in [2.45, 2.75) is 46.6 Å². The van der Waals surface area contributed by atoms with Crippen molar-refractivity contribution in [3.05, 3.63) is 65.2 Å². The molecule has 5 heteroatoms. The van der Waals surface area contributed by atoms with E-state index in [0.29, 0.717) is 25.3 Å². The summed E-state index contributed by atoms with van der Waals surface area (Å²) in [7, 11) is 0. The zero-order chi connectivity index (χ0) is 21.2. The fourth-order valence-electron chi connectivity index (χ4n) is 3.05. The maximum atomic E-state index is 13.0. The van der Waals surface area contributed by atoms with Crippen LogP contribution in [0.2, 0.25) is 0 Å². The summed E-state index contributed by atoms with van der Waals surface area (Å²) in [5.41, 5.74) is 3.18. The molecule has 0 bridgehead atoms. The molecule has 0 fully saturated rings.